The van der Waals surface area contributed by atoms with E-state index in [9.17, 15) is 9.59 Å². The molecule has 2 nitrogen and oxygen atoms in total. The number of ketones is 2. The number of carbonyl (C=O) groups excluding carboxylic acids is 2. The third-order valence-corrected chi connectivity index (χ3v) is 4.76. The highest BCUT2D eigenvalue weighted by Gasteiger charge is 2.34. The Kier molecular flexibility index (Phi) is 2.96. The molecular weight excluding hydrogens is 295 g/mol. The first-order valence-electron chi connectivity index (χ1n) is 6.11. The Bertz CT molecular complexity index is 726. The maximum atomic E-state index is 12.6. The summed E-state index contributed by atoms with van der Waals surface area (Å²) in [7, 11) is 0. The Morgan fingerprint density at radius 1 is 0.750 bits per heavy atom. The summed E-state index contributed by atoms with van der Waals surface area (Å²) in [6, 6.07) is 6.81. The maximum Gasteiger partial charge on any atom is 0.194 e. The smallest absolute Gasteiger partial charge is 0.194 e. The predicted octanol–water partition coefficient (Wildman–Crippen LogP) is 4.39. The van der Waals surface area contributed by atoms with Gasteiger partial charge in [0.2, 0.25) is 0 Å². The van der Waals surface area contributed by atoms with Crippen molar-refractivity contribution in [2.45, 2.75) is 13.8 Å². The molecule has 0 atom stereocenters. The second-order valence-corrected chi connectivity index (χ2v) is 5.59. The van der Waals surface area contributed by atoms with Gasteiger partial charge in [0.15, 0.2) is 11.6 Å². The summed E-state index contributed by atoms with van der Waals surface area (Å²) in [5, 5.41) is 0.673. The van der Waals surface area contributed by atoms with Crippen molar-refractivity contribution in [1.82, 2.24) is 0 Å². The van der Waals surface area contributed by atoms with Crippen molar-refractivity contribution < 1.29 is 9.59 Å². The molecule has 0 fully saturated rings. The number of benzene rings is 2. The van der Waals surface area contributed by atoms with E-state index in [2.05, 4.69) is 0 Å². The third kappa shape index (κ3) is 1.58. The first-order chi connectivity index (χ1) is 9.45. The van der Waals surface area contributed by atoms with Crippen molar-refractivity contribution in [3.05, 3.63) is 67.7 Å². The van der Waals surface area contributed by atoms with Crippen LogP contribution < -0.4 is 0 Å². The van der Waals surface area contributed by atoms with Crippen LogP contribution in [0.2, 0.25) is 10.0 Å². The first kappa shape index (κ1) is 13.3. The molecule has 0 N–H and O–H groups in total. The minimum atomic E-state index is -0.172. The van der Waals surface area contributed by atoms with Crippen LogP contribution in [0.1, 0.15) is 43.0 Å². The summed E-state index contributed by atoms with van der Waals surface area (Å²) in [4.78, 5) is 25.3. The van der Waals surface area contributed by atoms with E-state index in [0.717, 1.165) is 0 Å². The summed E-state index contributed by atoms with van der Waals surface area (Å²) in [5.41, 5.74) is 2.72. The lowest BCUT2D eigenvalue weighted by atomic mass is 9.80. The monoisotopic (exact) mass is 304 g/mol. The quantitative estimate of drug-likeness (QED) is 0.617. The predicted molar refractivity (Wildman–Crippen MR) is 79.2 cm³/mol. The van der Waals surface area contributed by atoms with Gasteiger partial charge >= 0.3 is 0 Å². The molecule has 0 heterocycles. The van der Waals surface area contributed by atoms with Crippen molar-refractivity contribution in [2.75, 3.05) is 0 Å². The molecule has 1 aliphatic carbocycles. The summed E-state index contributed by atoms with van der Waals surface area (Å²) in [6.45, 7) is 3.43. The van der Waals surface area contributed by atoms with Crippen molar-refractivity contribution in [3.8, 4) is 0 Å². The number of carbonyl (C=O) groups is 2. The fraction of sp³-hybridized carbons (Fsp3) is 0.125. The molecule has 0 spiro atoms. The fourth-order valence-corrected chi connectivity index (χ4v) is 3.11. The van der Waals surface area contributed by atoms with E-state index in [1.807, 2.05) is 0 Å². The Balaban J connectivity index is 2.46. The molecule has 2 aromatic carbocycles. The van der Waals surface area contributed by atoms with Crippen LogP contribution in [-0.4, -0.2) is 11.6 Å². The summed E-state index contributed by atoms with van der Waals surface area (Å²) >= 11 is 12.3. The highest BCUT2D eigenvalue weighted by atomic mass is 35.5. The molecule has 100 valence electrons. The number of rotatable bonds is 0. The van der Waals surface area contributed by atoms with Crippen LogP contribution in [0, 0.1) is 13.8 Å². The minimum absolute atomic E-state index is 0.172. The van der Waals surface area contributed by atoms with Crippen molar-refractivity contribution in [3.63, 3.8) is 0 Å². The van der Waals surface area contributed by atoms with Gasteiger partial charge < -0.3 is 0 Å². The number of hydrogen-bond acceptors (Lipinski definition) is 2. The van der Waals surface area contributed by atoms with Crippen molar-refractivity contribution >= 4 is 34.8 Å². The van der Waals surface area contributed by atoms with Gasteiger partial charge in [-0.25, -0.2) is 0 Å². The highest BCUT2D eigenvalue weighted by Crippen LogP contribution is 2.39. The molecule has 0 saturated heterocycles. The van der Waals surface area contributed by atoms with Crippen LogP contribution >= 0.6 is 23.2 Å². The Morgan fingerprint density at radius 2 is 1.10 bits per heavy atom. The molecule has 0 aliphatic heterocycles. The minimum Gasteiger partial charge on any atom is -0.289 e. The molecule has 4 heteroatoms. The Hall–Kier alpha value is -1.64. The van der Waals surface area contributed by atoms with Gasteiger partial charge in [0.1, 0.15) is 0 Å². The van der Waals surface area contributed by atoms with Gasteiger partial charge in [-0.3, -0.25) is 9.59 Å². The zero-order valence-electron chi connectivity index (χ0n) is 10.9. The van der Waals surface area contributed by atoms with Crippen LogP contribution in [0.5, 0.6) is 0 Å². The summed E-state index contributed by atoms with van der Waals surface area (Å²) < 4.78 is 0. The number of halogens is 2. The average Bonchev–Trinajstić information content (AvgIpc) is 2.46. The maximum absolute atomic E-state index is 12.6. The Labute approximate surface area is 126 Å². The van der Waals surface area contributed by atoms with Crippen molar-refractivity contribution in [1.29, 1.82) is 0 Å². The second kappa shape index (κ2) is 4.44. The zero-order valence-corrected chi connectivity index (χ0v) is 12.4. The summed E-state index contributed by atoms with van der Waals surface area (Å²) in [6.07, 6.45) is 0. The van der Waals surface area contributed by atoms with E-state index in [1.165, 1.54) is 0 Å². The molecule has 3 rings (SSSR count). The van der Waals surface area contributed by atoms with Gasteiger partial charge in [-0.2, -0.15) is 0 Å². The van der Waals surface area contributed by atoms with Gasteiger partial charge in [-0.05, 0) is 25.0 Å². The highest BCUT2D eigenvalue weighted by molar-refractivity contribution is 6.44. The van der Waals surface area contributed by atoms with E-state index < -0.39 is 0 Å². The molecular formula is C16H10Cl2O2. The van der Waals surface area contributed by atoms with Crippen LogP contribution in [0.25, 0.3) is 0 Å². The first-order valence-corrected chi connectivity index (χ1v) is 6.87. The van der Waals surface area contributed by atoms with Gasteiger partial charge in [0, 0.05) is 22.3 Å². The average molecular weight is 305 g/mol. The topological polar surface area (TPSA) is 34.1 Å². The summed E-state index contributed by atoms with van der Waals surface area (Å²) in [5.74, 6) is -0.344. The van der Waals surface area contributed by atoms with Gasteiger partial charge in [0.25, 0.3) is 0 Å². The Morgan fingerprint density at radius 3 is 1.45 bits per heavy atom. The lowest BCUT2D eigenvalue weighted by Crippen LogP contribution is -2.23. The van der Waals surface area contributed by atoms with E-state index in [4.69, 9.17) is 23.2 Å². The van der Waals surface area contributed by atoms with Crippen molar-refractivity contribution in [2.24, 2.45) is 0 Å². The van der Waals surface area contributed by atoms with Gasteiger partial charge in [0.05, 0.1) is 10.0 Å². The number of fused-ring (bicyclic) bond motifs is 2. The molecule has 0 bridgehead atoms. The molecule has 0 amide bonds. The van der Waals surface area contributed by atoms with E-state index in [-0.39, 0.29) is 11.6 Å². The molecule has 0 aromatic heterocycles. The normalized spacial score (nSPS) is 13.2. The molecule has 0 radical (unpaired) electrons. The third-order valence-electron chi connectivity index (χ3n) is 3.72. The lowest BCUT2D eigenvalue weighted by molar-refractivity contribution is 0.0978. The van der Waals surface area contributed by atoms with Crippen LogP contribution in [-0.2, 0) is 0 Å². The van der Waals surface area contributed by atoms with E-state index in [1.54, 1.807) is 38.1 Å². The van der Waals surface area contributed by atoms with Crippen LogP contribution in [0.15, 0.2) is 24.3 Å². The van der Waals surface area contributed by atoms with Crippen LogP contribution in [0.3, 0.4) is 0 Å². The van der Waals surface area contributed by atoms with Gasteiger partial charge in [-0.15, -0.1) is 0 Å². The number of hydrogen-bond donors (Lipinski definition) is 0. The molecule has 0 unspecified atom stereocenters. The zero-order chi connectivity index (χ0) is 14.6. The van der Waals surface area contributed by atoms with E-state index >= 15 is 0 Å². The van der Waals surface area contributed by atoms with Gasteiger partial charge in [-0.1, -0.05) is 47.5 Å². The van der Waals surface area contributed by atoms with Crippen LogP contribution in [0.4, 0.5) is 0 Å². The lowest BCUT2D eigenvalue weighted by Gasteiger charge is -2.22. The largest absolute Gasteiger partial charge is 0.289 e. The molecule has 1 aliphatic rings. The SMILES string of the molecule is Cc1c(Cl)c(Cl)c(C)c2c1C(=O)c1ccccc1C2=O. The molecule has 2 aromatic rings. The molecule has 0 saturated carbocycles. The second-order valence-electron chi connectivity index (χ2n) is 4.83. The molecule has 20 heavy (non-hydrogen) atoms. The van der Waals surface area contributed by atoms with E-state index in [0.29, 0.717) is 43.4 Å². The fourth-order valence-electron chi connectivity index (χ4n) is 2.64. The standard InChI is InChI=1S/C16H10Cl2O2/c1-7-11-12(8(2)14(18)13(7)17)16(20)10-6-4-3-5-9(10)15(11)19/h3-6H,1-2H3.